The Balaban J connectivity index is 0.000000269. The highest BCUT2D eigenvalue weighted by Crippen LogP contribution is 2.22. The molecule has 3 heteroatoms. The number of rotatable bonds is 0. The normalized spacial score (nSPS) is 8.00. The quantitative estimate of drug-likeness (QED) is 0.615. The third-order valence-electron chi connectivity index (χ3n) is 0.962. The number of fused-ring (bicyclic) bond motifs is 1. The van der Waals surface area contributed by atoms with Crippen LogP contribution >= 0.6 is 22.7 Å². The van der Waals surface area contributed by atoms with Gasteiger partial charge in [-0.15, -0.1) is 22.7 Å². The third kappa shape index (κ3) is 2.91. The average Bonchev–Trinajstić information content (AvgIpc) is 2.72. The van der Waals surface area contributed by atoms with E-state index in [2.05, 4.69) is 10.4 Å². The van der Waals surface area contributed by atoms with E-state index in [9.17, 15) is 0 Å². The number of thiophene rings is 1. The molecule has 0 unspecified atom stereocenters. The SMILES string of the molecule is CC.CC.c1cc2ncsc2s1. The molecular weight excluding hydrogens is 186 g/mol. The van der Waals surface area contributed by atoms with Gasteiger partial charge in [-0.3, -0.25) is 0 Å². The number of aromatic nitrogens is 1. The van der Waals surface area contributed by atoms with Crippen molar-refractivity contribution in [2.75, 3.05) is 0 Å². The Hall–Kier alpha value is -0.410. The lowest BCUT2D eigenvalue weighted by Crippen LogP contribution is -1.49. The summed E-state index contributed by atoms with van der Waals surface area (Å²) < 4.78 is 1.32. The average molecular weight is 201 g/mol. The number of thiazole rings is 1. The predicted molar refractivity (Wildman–Crippen MR) is 60.2 cm³/mol. The summed E-state index contributed by atoms with van der Waals surface area (Å²) in [5, 5.41) is 2.06. The molecule has 0 spiro atoms. The molecule has 1 nitrogen and oxygen atoms in total. The van der Waals surface area contributed by atoms with E-state index in [1.54, 1.807) is 22.7 Å². The van der Waals surface area contributed by atoms with Crippen molar-refractivity contribution in [1.82, 2.24) is 4.98 Å². The van der Waals surface area contributed by atoms with Gasteiger partial charge in [-0.1, -0.05) is 27.7 Å². The molecule has 0 saturated heterocycles. The number of nitrogens with zero attached hydrogens (tertiary/aromatic N) is 1. The van der Waals surface area contributed by atoms with Crippen molar-refractivity contribution in [1.29, 1.82) is 0 Å². The molecule has 0 aliphatic rings. The zero-order valence-corrected chi connectivity index (χ0v) is 9.63. The standard InChI is InChI=1S/C5H3NS2.2C2H6/c1-2-7-5-4(1)6-3-8-5;2*1-2/h1-3H;2*1-2H3. The van der Waals surface area contributed by atoms with Crippen LogP contribution < -0.4 is 0 Å². The predicted octanol–water partition coefficient (Wildman–Crippen LogP) is 4.41. The molecule has 0 radical (unpaired) electrons. The summed E-state index contributed by atoms with van der Waals surface area (Å²) >= 11 is 3.45. The maximum atomic E-state index is 4.11. The van der Waals surface area contributed by atoms with Crippen LogP contribution in [0.4, 0.5) is 0 Å². The Labute approximate surface area is 82.1 Å². The molecule has 0 atom stereocenters. The van der Waals surface area contributed by atoms with E-state index in [1.807, 2.05) is 39.3 Å². The first-order valence-corrected chi connectivity index (χ1v) is 5.99. The highest BCUT2D eigenvalue weighted by molar-refractivity contribution is 7.36. The van der Waals surface area contributed by atoms with Gasteiger partial charge in [-0.05, 0) is 11.4 Å². The Morgan fingerprint density at radius 1 is 1.08 bits per heavy atom. The maximum absolute atomic E-state index is 4.11. The molecule has 0 amide bonds. The van der Waals surface area contributed by atoms with Gasteiger partial charge in [0, 0.05) is 0 Å². The molecule has 2 aromatic heterocycles. The first kappa shape index (κ1) is 11.6. The van der Waals surface area contributed by atoms with E-state index in [-0.39, 0.29) is 0 Å². The summed E-state index contributed by atoms with van der Waals surface area (Å²) in [7, 11) is 0. The fraction of sp³-hybridized carbons (Fsp3) is 0.444. The second-order valence-corrected chi connectivity index (χ2v) is 3.47. The van der Waals surface area contributed by atoms with Crippen molar-refractivity contribution in [3.8, 4) is 0 Å². The molecule has 0 aliphatic heterocycles. The van der Waals surface area contributed by atoms with Gasteiger partial charge in [-0.2, -0.15) is 0 Å². The largest absolute Gasteiger partial charge is 0.244 e. The zero-order chi connectivity index (χ0) is 9.40. The first-order valence-electron chi connectivity index (χ1n) is 4.23. The smallest absolute Gasteiger partial charge is 0.107 e. The molecule has 0 aliphatic carbocycles. The fourth-order valence-electron chi connectivity index (χ4n) is 0.604. The lowest BCUT2D eigenvalue weighted by Gasteiger charge is -1.62. The van der Waals surface area contributed by atoms with Crippen LogP contribution in [0.5, 0.6) is 0 Å². The second kappa shape index (κ2) is 7.25. The molecule has 0 N–H and O–H groups in total. The van der Waals surface area contributed by atoms with Crippen LogP contribution in [0.15, 0.2) is 17.0 Å². The Morgan fingerprint density at radius 2 is 1.75 bits per heavy atom. The molecule has 2 heterocycles. The molecule has 2 aromatic rings. The molecule has 2 rings (SSSR count). The summed E-state index contributed by atoms with van der Waals surface area (Å²) in [6.45, 7) is 8.00. The minimum atomic E-state index is 1.14. The molecular formula is C9H15NS2. The minimum absolute atomic E-state index is 1.14. The summed E-state index contributed by atoms with van der Waals surface area (Å²) in [4.78, 5) is 4.11. The summed E-state index contributed by atoms with van der Waals surface area (Å²) in [5.41, 5.74) is 3.02. The van der Waals surface area contributed by atoms with Crippen molar-refractivity contribution < 1.29 is 0 Å². The van der Waals surface area contributed by atoms with Gasteiger partial charge in [0.25, 0.3) is 0 Å². The Kier molecular flexibility index (Phi) is 7.00. The van der Waals surface area contributed by atoms with Crippen LogP contribution in [-0.4, -0.2) is 4.98 Å². The second-order valence-electron chi connectivity index (χ2n) is 1.45. The number of hydrogen-bond acceptors (Lipinski definition) is 3. The lowest BCUT2D eigenvalue weighted by atomic mass is 10.6. The molecule has 0 bridgehead atoms. The van der Waals surface area contributed by atoms with Crippen molar-refractivity contribution in [2.24, 2.45) is 0 Å². The van der Waals surface area contributed by atoms with Crippen LogP contribution in [-0.2, 0) is 0 Å². The fourth-order valence-corrected chi connectivity index (χ4v) is 2.19. The summed E-state index contributed by atoms with van der Waals surface area (Å²) in [5.74, 6) is 0. The lowest BCUT2D eigenvalue weighted by molar-refractivity contribution is 1.50. The van der Waals surface area contributed by atoms with Crippen LogP contribution in [0, 0.1) is 0 Å². The van der Waals surface area contributed by atoms with E-state index in [0.29, 0.717) is 0 Å². The zero-order valence-electron chi connectivity index (χ0n) is 8.00. The first-order chi connectivity index (χ1) is 5.97. The molecule has 0 aromatic carbocycles. The van der Waals surface area contributed by atoms with Gasteiger partial charge in [0.2, 0.25) is 0 Å². The van der Waals surface area contributed by atoms with E-state index in [4.69, 9.17) is 0 Å². The van der Waals surface area contributed by atoms with Gasteiger partial charge >= 0.3 is 0 Å². The van der Waals surface area contributed by atoms with Crippen LogP contribution in [0.2, 0.25) is 0 Å². The van der Waals surface area contributed by atoms with Gasteiger partial charge < -0.3 is 0 Å². The van der Waals surface area contributed by atoms with Gasteiger partial charge in [-0.25, -0.2) is 4.98 Å². The summed E-state index contributed by atoms with van der Waals surface area (Å²) in [6, 6.07) is 2.04. The topological polar surface area (TPSA) is 12.9 Å². The van der Waals surface area contributed by atoms with E-state index in [0.717, 1.165) is 5.52 Å². The van der Waals surface area contributed by atoms with Crippen molar-refractivity contribution in [3.63, 3.8) is 0 Å². The Bertz CT molecular complexity index is 234. The van der Waals surface area contributed by atoms with Crippen molar-refractivity contribution in [3.05, 3.63) is 17.0 Å². The number of hydrogen-bond donors (Lipinski definition) is 0. The van der Waals surface area contributed by atoms with E-state index < -0.39 is 0 Å². The van der Waals surface area contributed by atoms with E-state index >= 15 is 0 Å². The third-order valence-corrected chi connectivity index (χ3v) is 2.87. The van der Waals surface area contributed by atoms with Gasteiger partial charge in [0.15, 0.2) is 0 Å². The van der Waals surface area contributed by atoms with Gasteiger partial charge in [0.05, 0.1) is 11.0 Å². The van der Waals surface area contributed by atoms with Crippen molar-refractivity contribution >= 4 is 32.2 Å². The van der Waals surface area contributed by atoms with Gasteiger partial charge in [0.1, 0.15) is 4.01 Å². The van der Waals surface area contributed by atoms with Crippen LogP contribution in [0.3, 0.4) is 0 Å². The Morgan fingerprint density at radius 3 is 2.33 bits per heavy atom. The monoisotopic (exact) mass is 201 g/mol. The highest BCUT2D eigenvalue weighted by atomic mass is 32.2. The van der Waals surface area contributed by atoms with Crippen molar-refractivity contribution in [2.45, 2.75) is 27.7 Å². The van der Waals surface area contributed by atoms with Crippen LogP contribution in [0.25, 0.3) is 9.53 Å². The molecule has 0 saturated carbocycles. The minimum Gasteiger partial charge on any atom is -0.244 e. The summed E-state index contributed by atoms with van der Waals surface area (Å²) in [6.07, 6.45) is 0. The molecule has 12 heavy (non-hydrogen) atoms. The van der Waals surface area contributed by atoms with Crippen LogP contribution in [0.1, 0.15) is 27.7 Å². The maximum Gasteiger partial charge on any atom is 0.107 e. The molecule has 68 valence electrons. The highest BCUT2D eigenvalue weighted by Gasteiger charge is 1.92. The van der Waals surface area contributed by atoms with E-state index in [1.165, 1.54) is 4.01 Å². The molecule has 0 fully saturated rings.